The van der Waals surface area contributed by atoms with Crippen molar-refractivity contribution in [2.45, 2.75) is 33.1 Å². The van der Waals surface area contributed by atoms with Crippen LogP contribution in [0.4, 0.5) is 0 Å². The van der Waals surface area contributed by atoms with Crippen molar-refractivity contribution < 1.29 is 0 Å². The van der Waals surface area contributed by atoms with Crippen LogP contribution in [0.1, 0.15) is 33.1 Å². The summed E-state index contributed by atoms with van der Waals surface area (Å²) >= 11 is 0. The van der Waals surface area contributed by atoms with Gasteiger partial charge in [0.1, 0.15) is 0 Å². The Hall–Kier alpha value is -0.340. The zero-order chi connectivity index (χ0) is 10.4. The van der Waals surface area contributed by atoms with Crippen LogP contribution in [-0.2, 0) is 0 Å². The van der Waals surface area contributed by atoms with Gasteiger partial charge in [-0.2, -0.15) is 0 Å². The van der Waals surface area contributed by atoms with Crippen molar-refractivity contribution in [3.05, 3.63) is 11.6 Å². The summed E-state index contributed by atoms with van der Waals surface area (Å²) in [5.74, 6) is 0.692. The SMILES string of the molecule is CC1=CCN(CCCC(C)CN)CC1. The highest BCUT2D eigenvalue weighted by molar-refractivity contribution is 5.03. The lowest BCUT2D eigenvalue weighted by Crippen LogP contribution is -2.29. The van der Waals surface area contributed by atoms with Crippen molar-refractivity contribution in [3.63, 3.8) is 0 Å². The third-order valence-electron chi connectivity index (χ3n) is 3.09. The van der Waals surface area contributed by atoms with Gasteiger partial charge in [0.05, 0.1) is 0 Å². The molecule has 2 heteroatoms. The number of hydrogen-bond donors (Lipinski definition) is 1. The van der Waals surface area contributed by atoms with Gasteiger partial charge < -0.3 is 5.73 Å². The lowest BCUT2D eigenvalue weighted by atomic mass is 10.1. The largest absolute Gasteiger partial charge is 0.330 e. The number of rotatable bonds is 5. The summed E-state index contributed by atoms with van der Waals surface area (Å²) in [4.78, 5) is 2.54. The van der Waals surface area contributed by atoms with Crippen LogP contribution in [-0.4, -0.2) is 31.1 Å². The molecule has 0 amide bonds. The van der Waals surface area contributed by atoms with Crippen LogP contribution < -0.4 is 5.73 Å². The quantitative estimate of drug-likeness (QED) is 0.682. The van der Waals surface area contributed by atoms with E-state index in [-0.39, 0.29) is 0 Å². The van der Waals surface area contributed by atoms with Gasteiger partial charge in [-0.1, -0.05) is 18.6 Å². The average molecular weight is 196 g/mol. The molecule has 0 aromatic carbocycles. The zero-order valence-electron chi connectivity index (χ0n) is 9.63. The lowest BCUT2D eigenvalue weighted by molar-refractivity contribution is 0.280. The molecule has 1 unspecified atom stereocenters. The van der Waals surface area contributed by atoms with Crippen LogP contribution in [0.25, 0.3) is 0 Å². The molecule has 1 aliphatic rings. The Morgan fingerprint density at radius 3 is 2.93 bits per heavy atom. The van der Waals surface area contributed by atoms with E-state index in [1.807, 2.05) is 0 Å². The molecular weight excluding hydrogens is 172 g/mol. The second-order valence-corrected chi connectivity index (χ2v) is 4.58. The molecule has 0 aromatic rings. The lowest BCUT2D eigenvalue weighted by Gasteiger charge is -2.25. The maximum Gasteiger partial charge on any atom is 0.0165 e. The number of nitrogens with zero attached hydrogens (tertiary/aromatic N) is 1. The smallest absolute Gasteiger partial charge is 0.0165 e. The van der Waals surface area contributed by atoms with E-state index in [1.165, 1.54) is 32.4 Å². The highest BCUT2D eigenvalue weighted by Gasteiger charge is 2.08. The highest BCUT2D eigenvalue weighted by atomic mass is 15.1. The Kier molecular flexibility index (Phi) is 5.20. The van der Waals surface area contributed by atoms with E-state index in [0.29, 0.717) is 5.92 Å². The minimum Gasteiger partial charge on any atom is -0.330 e. The first-order valence-corrected chi connectivity index (χ1v) is 5.80. The van der Waals surface area contributed by atoms with Crippen molar-refractivity contribution in [2.75, 3.05) is 26.2 Å². The minimum absolute atomic E-state index is 0.692. The maximum absolute atomic E-state index is 5.59. The van der Waals surface area contributed by atoms with Gasteiger partial charge in [0.2, 0.25) is 0 Å². The predicted molar refractivity (Wildman–Crippen MR) is 62.3 cm³/mol. The van der Waals surface area contributed by atoms with Crippen LogP contribution in [0, 0.1) is 5.92 Å². The molecule has 0 fully saturated rings. The Bertz CT molecular complexity index is 187. The molecular formula is C12H24N2. The summed E-state index contributed by atoms with van der Waals surface area (Å²) in [7, 11) is 0. The Morgan fingerprint density at radius 1 is 1.57 bits per heavy atom. The van der Waals surface area contributed by atoms with Crippen LogP contribution in [0.3, 0.4) is 0 Å². The standard InChI is InChI=1S/C12H24N2/c1-11-5-8-14(9-6-11)7-3-4-12(2)10-13/h5,12H,3-4,6-10,13H2,1-2H3. The predicted octanol–water partition coefficient (Wildman–Crippen LogP) is 2.01. The van der Waals surface area contributed by atoms with Crippen molar-refractivity contribution >= 4 is 0 Å². The van der Waals surface area contributed by atoms with Crippen molar-refractivity contribution in [2.24, 2.45) is 11.7 Å². The number of nitrogens with two attached hydrogens (primary N) is 1. The third kappa shape index (κ3) is 4.25. The van der Waals surface area contributed by atoms with Crippen LogP contribution in [0.5, 0.6) is 0 Å². The first-order valence-electron chi connectivity index (χ1n) is 5.80. The summed E-state index contributed by atoms with van der Waals surface area (Å²) in [5.41, 5.74) is 7.14. The Morgan fingerprint density at radius 2 is 2.36 bits per heavy atom. The normalized spacial score (nSPS) is 20.6. The van der Waals surface area contributed by atoms with E-state index < -0.39 is 0 Å². The fourth-order valence-corrected chi connectivity index (χ4v) is 1.80. The van der Waals surface area contributed by atoms with Gasteiger partial charge in [-0.3, -0.25) is 4.90 Å². The minimum atomic E-state index is 0.692. The molecule has 1 rings (SSSR count). The van der Waals surface area contributed by atoms with Crippen LogP contribution in [0.15, 0.2) is 11.6 Å². The van der Waals surface area contributed by atoms with E-state index in [1.54, 1.807) is 5.57 Å². The molecule has 1 atom stereocenters. The highest BCUT2D eigenvalue weighted by Crippen LogP contribution is 2.11. The molecule has 1 aliphatic heterocycles. The van der Waals surface area contributed by atoms with Crippen LogP contribution in [0.2, 0.25) is 0 Å². The van der Waals surface area contributed by atoms with Gasteiger partial charge in [-0.05, 0) is 45.2 Å². The van der Waals surface area contributed by atoms with Gasteiger partial charge in [0.15, 0.2) is 0 Å². The zero-order valence-corrected chi connectivity index (χ0v) is 9.63. The Balaban J connectivity index is 2.08. The first-order chi connectivity index (χ1) is 6.72. The topological polar surface area (TPSA) is 29.3 Å². The molecule has 82 valence electrons. The van der Waals surface area contributed by atoms with Crippen molar-refractivity contribution in [1.29, 1.82) is 0 Å². The van der Waals surface area contributed by atoms with E-state index >= 15 is 0 Å². The second-order valence-electron chi connectivity index (χ2n) is 4.58. The van der Waals surface area contributed by atoms with E-state index in [4.69, 9.17) is 5.73 Å². The summed E-state index contributed by atoms with van der Waals surface area (Å²) < 4.78 is 0. The van der Waals surface area contributed by atoms with Gasteiger partial charge in [0, 0.05) is 13.1 Å². The molecule has 0 bridgehead atoms. The maximum atomic E-state index is 5.59. The van der Waals surface area contributed by atoms with Gasteiger partial charge in [-0.15, -0.1) is 0 Å². The molecule has 0 aliphatic carbocycles. The van der Waals surface area contributed by atoms with Gasteiger partial charge in [0.25, 0.3) is 0 Å². The Labute approximate surface area is 88.2 Å². The van der Waals surface area contributed by atoms with E-state index in [0.717, 1.165) is 13.1 Å². The van der Waals surface area contributed by atoms with Gasteiger partial charge in [-0.25, -0.2) is 0 Å². The monoisotopic (exact) mass is 196 g/mol. The molecule has 0 saturated heterocycles. The summed E-state index contributed by atoms with van der Waals surface area (Å²) in [6, 6.07) is 0. The first kappa shape index (κ1) is 11.7. The summed E-state index contributed by atoms with van der Waals surface area (Å²) in [5, 5.41) is 0. The average Bonchev–Trinajstić information content (AvgIpc) is 2.21. The molecule has 1 heterocycles. The van der Waals surface area contributed by atoms with Crippen molar-refractivity contribution in [1.82, 2.24) is 4.90 Å². The summed E-state index contributed by atoms with van der Waals surface area (Å²) in [6.07, 6.45) is 6.18. The van der Waals surface area contributed by atoms with E-state index in [2.05, 4.69) is 24.8 Å². The second kappa shape index (κ2) is 6.20. The number of hydrogen-bond acceptors (Lipinski definition) is 2. The fraction of sp³-hybridized carbons (Fsp3) is 0.833. The van der Waals surface area contributed by atoms with Crippen LogP contribution >= 0.6 is 0 Å². The molecule has 14 heavy (non-hydrogen) atoms. The molecule has 0 saturated carbocycles. The third-order valence-corrected chi connectivity index (χ3v) is 3.09. The van der Waals surface area contributed by atoms with E-state index in [9.17, 15) is 0 Å². The molecule has 2 nitrogen and oxygen atoms in total. The fourth-order valence-electron chi connectivity index (χ4n) is 1.80. The molecule has 2 N–H and O–H groups in total. The molecule has 0 aromatic heterocycles. The summed E-state index contributed by atoms with van der Waals surface area (Å²) in [6.45, 7) is 8.95. The van der Waals surface area contributed by atoms with Gasteiger partial charge >= 0.3 is 0 Å². The molecule has 0 radical (unpaired) electrons. The molecule has 0 spiro atoms. The van der Waals surface area contributed by atoms with Crippen molar-refractivity contribution in [3.8, 4) is 0 Å².